The number of ether oxygens (including phenoxy) is 2. The lowest BCUT2D eigenvalue weighted by molar-refractivity contribution is -0.0496. The van der Waals surface area contributed by atoms with Gasteiger partial charge in [-0.25, -0.2) is 8.42 Å². The first-order valence-electron chi connectivity index (χ1n) is 9.48. The minimum Gasteiger partial charge on any atom is -0.428 e. The zero-order valence-corrected chi connectivity index (χ0v) is 18.8. The molecule has 0 radical (unpaired) electrons. The highest BCUT2D eigenvalue weighted by atomic mass is 32.3. The molecule has 172 valence electrons. The molecule has 0 spiro atoms. The first kappa shape index (κ1) is 23.7. The van der Waals surface area contributed by atoms with Gasteiger partial charge in [0.15, 0.2) is 0 Å². The third-order valence-corrected chi connectivity index (χ3v) is 9.91. The number of hydrogen-bond acceptors (Lipinski definition) is 6. The molecule has 1 saturated heterocycles. The molecule has 31 heavy (non-hydrogen) atoms. The first-order valence-corrected chi connectivity index (χ1v) is 12.8. The van der Waals surface area contributed by atoms with Gasteiger partial charge >= 0.3 is 21.8 Å². The molecule has 6 nitrogen and oxygen atoms in total. The lowest BCUT2D eigenvalue weighted by atomic mass is 10.1. The number of carbonyl (C=O) groups is 1. The lowest BCUT2D eigenvalue weighted by Crippen LogP contribution is -2.27. The smallest absolute Gasteiger partial charge is 0.428 e. The number of rotatable bonds is 4. The molecule has 2 aromatic rings. The highest BCUT2D eigenvalue weighted by Gasteiger charge is 2.52. The number of carbonyl (C=O) groups excluding carboxylic acids is 1. The molecule has 0 N–H and O–H groups in total. The summed E-state index contributed by atoms with van der Waals surface area (Å²) in [5, 5.41) is 0.912. The average Bonchev–Trinajstić information content (AvgIpc) is 3.07. The van der Waals surface area contributed by atoms with Crippen molar-refractivity contribution < 1.29 is 39.5 Å². The summed E-state index contributed by atoms with van der Waals surface area (Å²) in [6, 6.07) is 9.54. The molecule has 2 aromatic carbocycles. The standard InChI is InChI=1S/C20H23F3O6S2/c1-19(2,3)28-18(24)27-16-10-6-9-15-14(16)8-7-11-17(15)30(12-4-5-13-30)29-31(25,26)20(21,22)23/h6-11H,4-5,12-13H2,1-3H3. The van der Waals surface area contributed by atoms with Crippen LogP contribution in [0.25, 0.3) is 10.8 Å². The summed E-state index contributed by atoms with van der Waals surface area (Å²) in [7, 11) is -8.54. The molecular weight excluding hydrogens is 457 g/mol. The lowest BCUT2D eigenvalue weighted by Gasteiger charge is -2.35. The fourth-order valence-electron chi connectivity index (χ4n) is 3.33. The van der Waals surface area contributed by atoms with Crippen LogP contribution < -0.4 is 4.74 Å². The van der Waals surface area contributed by atoms with E-state index < -0.39 is 37.7 Å². The number of fused-ring (bicyclic) bond motifs is 1. The maximum atomic E-state index is 13.1. The number of halogens is 3. The molecule has 0 aromatic heterocycles. The van der Waals surface area contributed by atoms with Crippen LogP contribution in [0.2, 0.25) is 0 Å². The molecule has 0 bridgehead atoms. The Balaban J connectivity index is 2.07. The van der Waals surface area contributed by atoms with Crippen molar-refractivity contribution >= 4 is 37.4 Å². The van der Waals surface area contributed by atoms with Gasteiger partial charge in [-0.05, 0) is 51.1 Å². The molecule has 1 aliphatic heterocycles. The molecule has 0 unspecified atom stereocenters. The molecule has 0 amide bonds. The zero-order chi connectivity index (χ0) is 23.1. The van der Waals surface area contributed by atoms with E-state index in [1.54, 1.807) is 51.1 Å². The van der Waals surface area contributed by atoms with E-state index in [9.17, 15) is 26.4 Å². The van der Waals surface area contributed by atoms with E-state index in [0.717, 1.165) is 0 Å². The minimum absolute atomic E-state index is 0.153. The first-order chi connectivity index (χ1) is 14.2. The van der Waals surface area contributed by atoms with E-state index in [2.05, 4.69) is 0 Å². The Bertz CT molecular complexity index is 1080. The quantitative estimate of drug-likeness (QED) is 0.308. The van der Waals surface area contributed by atoms with Crippen molar-refractivity contribution in [1.82, 2.24) is 0 Å². The van der Waals surface area contributed by atoms with Gasteiger partial charge in [-0.1, -0.05) is 34.6 Å². The maximum Gasteiger partial charge on any atom is 0.523 e. The van der Waals surface area contributed by atoms with Gasteiger partial charge in [-0.3, -0.25) is 0 Å². The van der Waals surface area contributed by atoms with E-state index in [0.29, 0.717) is 28.5 Å². The van der Waals surface area contributed by atoms with Gasteiger partial charge in [-0.2, -0.15) is 21.6 Å². The van der Waals surface area contributed by atoms with Crippen molar-refractivity contribution in [2.45, 2.75) is 49.6 Å². The Morgan fingerprint density at radius 1 is 0.968 bits per heavy atom. The summed E-state index contributed by atoms with van der Waals surface area (Å²) >= 11 is 0. The van der Waals surface area contributed by atoms with Gasteiger partial charge in [0, 0.05) is 21.8 Å². The van der Waals surface area contributed by atoms with Crippen LogP contribution in [0, 0.1) is 0 Å². The molecular formula is C20H23F3O6S2. The van der Waals surface area contributed by atoms with Crippen molar-refractivity contribution in [3.8, 4) is 5.75 Å². The van der Waals surface area contributed by atoms with Gasteiger partial charge < -0.3 is 9.47 Å². The van der Waals surface area contributed by atoms with Gasteiger partial charge in [0.25, 0.3) is 0 Å². The summed E-state index contributed by atoms with van der Waals surface area (Å²) in [5.74, 6) is 0.539. The van der Waals surface area contributed by atoms with Crippen molar-refractivity contribution in [2.75, 3.05) is 11.5 Å². The third kappa shape index (κ3) is 5.09. The van der Waals surface area contributed by atoms with E-state index in [1.807, 2.05) is 0 Å². The van der Waals surface area contributed by atoms with Crippen LogP contribution in [0.15, 0.2) is 41.3 Å². The van der Waals surface area contributed by atoms with Crippen molar-refractivity contribution in [1.29, 1.82) is 0 Å². The molecule has 1 heterocycles. The second-order valence-electron chi connectivity index (χ2n) is 8.07. The van der Waals surface area contributed by atoms with E-state index in [-0.39, 0.29) is 17.3 Å². The predicted molar refractivity (Wildman–Crippen MR) is 112 cm³/mol. The second kappa shape index (κ2) is 8.18. The number of alkyl halides is 3. The Kier molecular flexibility index (Phi) is 6.25. The Morgan fingerprint density at radius 3 is 2.13 bits per heavy atom. The predicted octanol–water partition coefficient (Wildman–Crippen LogP) is 5.89. The monoisotopic (exact) mass is 480 g/mol. The number of benzene rings is 2. The van der Waals surface area contributed by atoms with Gasteiger partial charge in [0.1, 0.15) is 11.4 Å². The van der Waals surface area contributed by atoms with E-state index in [4.69, 9.17) is 13.1 Å². The Hall–Kier alpha value is -1.98. The van der Waals surface area contributed by atoms with Gasteiger partial charge in [-0.15, -0.1) is 0 Å². The van der Waals surface area contributed by atoms with Crippen LogP contribution in [-0.2, 0) is 18.5 Å². The second-order valence-corrected chi connectivity index (χ2v) is 12.9. The largest absolute Gasteiger partial charge is 0.523 e. The van der Waals surface area contributed by atoms with E-state index in [1.165, 1.54) is 6.07 Å². The average molecular weight is 481 g/mol. The molecule has 11 heteroatoms. The summed E-state index contributed by atoms with van der Waals surface area (Å²) in [5.41, 5.74) is -6.28. The molecule has 0 atom stereocenters. The highest BCUT2D eigenvalue weighted by Crippen LogP contribution is 2.65. The molecule has 1 fully saturated rings. The molecule has 0 aliphatic carbocycles. The zero-order valence-electron chi connectivity index (χ0n) is 17.2. The Labute approximate surface area is 180 Å². The molecule has 0 saturated carbocycles. The van der Waals surface area contributed by atoms with Crippen LogP contribution in [0.1, 0.15) is 33.6 Å². The van der Waals surface area contributed by atoms with Gasteiger partial charge in [0.05, 0.1) is 0 Å². The van der Waals surface area contributed by atoms with Crippen LogP contribution in [0.5, 0.6) is 5.75 Å². The van der Waals surface area contributed by atoms with Crippen LogP contribution in [0.4, 0.5) is 18.0 Å². The van der Waals surface area contributed by atoms with E-state index >= 15 is 0 Å². The van der Waals surface area contributed by atoms with Crippen molar-refractivity contribution in [3.05, 3.63) is 36.4 Å². The SMILES string of the molecule is CC(C)(C)OC(=O)Oc1cccc2c(S3(OS(=O)(=O)C(F)(F)F)CCCC3)cccc12. The van der Waals surface area contributed by atoms with Crippen LogP contribution in [-0.4, -0.2) is 37.2 Å². The Morgan fingerprint density at radius 2 is 1.55 bits per heavy atom. The number of hydrogen-bond donors (Lipinski definition) is 0. The normalized spacial score (nSPS) is 18.0. The topological polar surface area (TPSA) is 78.9 Å². The minimum atomic E-state index is -5.77. The van der Waals surface area contributed by atoms with Crippen molar-refractivity contribution in [3.63, 3.8) is 0 Å². The third-order valence-electron chi connectivity index (χ3n) is 4.53. The maximum absolute atomic E-state index is 13.1. The molecule has 3 rings (SSSR count). The highest BCUT2D eigenvalue weighted by molar-refractivity contribution is 8.33. The molecule has 1 aliphatic rings. The van der Waals surface area contributed by atoms with Crippen molar-refractivity contribution in [2.24, 2.45) is 0 Å². The van der Waals surface area contributed by atoms with Crippen LogP contribution in [0.3, 0.4) is 0 Å². The van der Waals surface area contributed by atoms with Crippen LogP contribution >= 0.6 is 10.3 Å². The fraction of sp³-hybridized carbons (Fsp3) is 0.450. The fourth-order valence-corrected chi connectivity index (χ4v) is 8.74. The summed E-state index contributed by atoms with van der Waals surface area (Å²) in [6.07, 6.45) is 0.171. The summed E-state index contributed by atoms with van der Waals surface area (Å²) < 4.78 is 78.3. The van der Waals surface area contributed by atoms with Gasteiger partial charge in [0.2, 0.25) is 0 Å². The summed E-state index contributed by atoms with van der Waals surface area (Å²) in [4.78, 5) is 12.5. The summed E-state index contributed by atoms with van der Waals surface area (Å²) in [6.45, 7) is 5.04.